The largest absolute Gasteiger partial charge is 0.381 e. The van der Waals surface area contributed by atoms with Crippen LogP contribution in [0, 0.1) is 5.92 Å². The molecule has 1 N–H and O–H groups in total. The van der Waals surface area contributed by atoms with Crippen LogP contribution in [-0.2, 0) is 11.3 Å². The van der Waals surface area contributed by atoms with Crippen molar-refractivity contribution in [3.8, 4) is 0 Å². The molecule has 6 heteroatoms. The van der Waals surface area contributed by atoms with E-state index in [-0.39, 0.29) is 11.6 Å². The van der Waals surface area contributed by atoms with E-state index in [1.807, 2.05) is 7.05 Å². The minimum absolute atomic E-state index is 0.0430. The van der Waals surface area contributed by atoms with Crippen LogP contribution in [0.15, 0.2) is 17.1 Å². The van der Waals surface area contributed by atoms with Gasteiger partial charge < -0.3 is 15.0 Å². The van der Waals surface area contributed by atoms with Gasteiger partial charge in [-0.25, -0.2) is 4.68 Å². The van der Waals surface area contributed by atoms with E-state index in [0.29, 0.717) is 12.5 Å². The van der Waals surface area contributed by atoms with E-state index in [9.17, 15) is 4.79 Å². The number of ether oxygens (including phenoxy) is 1. The Morgan fingerprint density at radius 1 is 1.52 bits per heavy atom. The van der Waals surface area contributed by atoms with E-state index in [2.05, 4.69) is 29.2 Å². The van der Waals surface area contributed by atoms with Gasteiger partial charge in [-0.05, 0) is 27.3 Å². The van der Waals surface area contributed by atoms with Crippen LogP contribution < -0.4 is 15.8 Å². The fraction of sp³-hybridized carbons (Fsp3) is 0.733. The molecule has 0 bridgehead atoms. The first-order valence-electron chi connectivity index (χ1n) is 7.76. The molecule has 1 aliphatic heterocycles. The van der Waals surface area contributed by atoms with Crippen molar-refractivity contribution in [3.05, 3.63) is 22.6 Å². The second kappa shape index (κ2) is 7.56. The maximum absolute atomic E-state index is 12.3. The average Bonchev–Trinajstić information content (AvgIpc) is 3.02. The first-order chi connectivity index (χ1) is 10.2. The molecule has 2 unspecified atom stereocenters. The standard InChI is InChI=1S/C15H26N4O2/c1-4-18(5-2)13-8-15(20)19(17-9-13)10-14(16-3)12-6-7-21-11-12/h8-9,12,14,16H,4-7,10-11H2,1-3H3. The van der Waals surface area contributed by atoms with Crippen LogP contribution in [0.2, 0.25) is 0 Å². The summed E-state index contributed by atoms with van der Waals surface area (Å²) in [6.07, 6.45) is 2.82. The highest BCUT2D eigenvalue weighted by Crippen LogP contribution is 2.17. The van der Waals surface area contributed by atoms with Crippen molar-refractivity contribution < 1.29 is 4.74 Å². The van der Waals surface area contributed by atoms with Gasteiger partial charge in [0.2, 0.25) is 0 Å². The van der Waals surface area contributed by atoms with Gasteiger partial charge in [0.1, 0.15) is 0 Å². The van der Waals surface area contributed by atoms with Gasteiger partial charge in [-0.3, -0.25) is 4.79 Å². The number of anilines is 1. The number of nitrogens with zero attached hydrogens (tertiary/aromatic N) is 3. The number of likely N-dealkylation sites (N-methyl/N-ethyl adjacent to an activating group) is 1. The molecule has 1 saturated heterocycles. The Balaban J connectivity index is 2.11. The fourth-order valence-electron chi connectivity index (χ4n) is 2.86. The third-order valence-corrected chi connectivity index (χ3v) is 4.26. The number of rotatable bonds is 7. The van der Waals surface area contributed by atoms with Gasteiger partial charge in [-0.1, -0.05) is 0 Å². The molecule has 21 heavy (non-hydrogen) atoms. The Hall–Kier alpha value is -1.40. The molecule has 2 atom stereocenters. The Morgan fingerprint density at radius 2 is 2.29 bits per heavy atom. The first-order valence-corrected chi connectivity index (χ1v) is 7.76. The van der Waals surface area contributed by atoms with Gasteiger partial charge in [-0.15, -0.1) is 0 Å². The molecule has 0 amide bonds. The lowest BCUT2D eigenvalue weighted by Crippen LogP contribution is -2.41. The lowest BCUT2D eigenvalue weighted by atomic mass is 9.99. The van der Waals surface area contributed by atoms with Crippen LogP contribution in [0.1, 0.15) is 20.3 Å². The summed E-state index contributed by atoms with van der Waals surface area (Å²) in [6.45, 7) is 8.06. The molecule has 6 nitrogen and oxygen atoms in total. The summed E-state index contributed by atoms with van der Waals surface area (Å²) in [5, 5.41) is 7.63. The zero-order chi connectivity index (χ0) is 15.2. The van der Waals surface area contributed by atoms with Gasteiger partial charge in [0.05, 0.1) is 25.0 Å². The molecule has 0 aromatic carbocycles. The second-order valence-electron chi connectivity index (χ2n) is 5.43. The quantitative estimate of drug-likeness (QED) is 0.803. The van der Waals surface area contributed by atoms with Gasteiger partial charge in [0.25, 0.3) is 5.56 Å². The van der Waals surface area contributed by atoms with Crippen molar-refractivity contribution in [3.63, 3.8) is 0 Å². The monoisotopic (exact) mass is 294 g/mol. The Bertz CT molecular complexity index is 493. The molecule has 1 aliphatic rings. The van der Waals surface area contributed by atoms with E-state index in [1.165, 1.54) is 0 Å². The van der Waals surface area contributed by atoms with Crippen molar-refractivity contribution in [2.45, 2.75) is 32.9 Å². The molecule has 1 aromatic heterocycles. The highest BCUT2D eigenvalue weighted by Gasteiger charge is 2.25. The predicted octanol–water partition coefficient (Wildman–Crippen LogP) is 0.714. The van der Waals surface area contributed by atoms with Gasteiger partial charge in [-0.2, -0.15) is 5.10 Å². The van der Waals surface area contributed by atoms with Gasteiger partial charge >= 0.3 is 0 Å². The summed E-state index contributed by atoms with van der Waals surface area (Å²) in [7, 11) is 1.93. The zero-order valence-electron chi connectivity index (χ0n) is 13.2. The highest BCUT2D eigenvalue weighted by atomic mass is 16.5. The Kier molecular flexibility index (Phi) is 5.76. The molecule has 0 aliphatic carbocycles. The molecule has 1 aromatic rings. The minimum atomic E-state index is -0.0430. The Morgan fingerprint density at radius 3 is 2.81 bits per heavy atom. The highest BCUT2D eigenvalue weighted by molar-refractivity contribution is 5.42. The molecule has 2 rings (SSSR count). The van der Waals surface area contributed by atoms with E-state index in [4.69, 9.17) is 4.74 Å². The lowest BCUT2D eigenvalue weighted by Gasteiger charge is -2.23. The number of hydrogen-bond donors (Lipinski definition) is 1. The fourth-order valence-corrected chi connectivity index (χ4v) is 2.86. The average molecular weight is 294 g/mol. The molecule has 2 heterocycles. The van der Waals surface area contributed by atoms with Crippen LogP contribution in [0.3, 0.4) is 0 Å². The maximum Gasteiger partial charge on any atom is 0.268 e. The molecular formula is C15H26N4O2. The number of nitrogens with one attached hydrogen (secondary N) is 1. The molecular weight excluding hydrogens is 268 g/mol. The van der Waals surface area contributed by atoms with Crippen LogP contribution in [-0.4, -0.2) is 49.2 Å². The predicted molar refractivity (Wildman–Crippen MR) is 83.8 cm³/mol. The summed E-state index contributed by atoms with van der Waals surface area (Å²) in [5.74, 6) is 0.450. The van der Waals surface area contributed by atoms with E-state index in [0.717, 1.165) is 38.4 Å². The number of aromatic nitrogens is 2. The second-order valence-corrected chi connectivity index (χ2v) is 5.43. The molecule has 1 fully saturated rings. The Labute approximate surface area is 126 Å². The van der Waals surface area contributed by atoms with E-state index < -0.39 is 0 Å². The lowest BCUT2D eigenvalue weighted by molar-refractivity contribution is 0.174. The van der Waals surface area contributed by atoms with Crippen LogP contribution in [0.4, 0.5) is 5.69 Å². The molecule has 0 spiro atoms. The summed E-state index contributed by atoms with van der Waals surface area (Å²) in [5.41, 5.74) is 0.852. The third-order valence-electron chi connectivity index (χ3n) is 4.26. The van der Waals surface area contributed by atoms with Crippen LogP contribution in [0.5, 0.6) is 0 Å². The first kappa shape index (κ1) is 16.0. The van der Waals surface area contributed by atoms with Crippen LogP contribution >= 0.6 is 0 Å². The minimum Gasteiger partial charge on any atom is -0.381 e. The van der Waals surface area contributed by atoms with Gasteiger partial charge in [0, 0.05) is 37.7 Å². The zero-order valence-corrected chi connectivity index (χ0v) is 13.2. The SMILES string of the molecule is CCN(CC)c1cnn(CC(NC)C2CCOC2)c(=O)c1. The van der Waals surface area contributed by atoms with Crippen molar-refractivity contribution in [1.29, 1.82) is 0 Å². The normalized spacial score (nSPS) is 19.7. The third kappa shape index (κ3) is 3.83. The van der Waals surface area contributed by atoms with Crippen molar-refractivity contribution >= 4 is 5.69 Å². The number of hydrogen-bond acceptors (Lipinski definition) is 5. The summed E-state index contributed by atoms with van der Waals surface area (Å²) < 4.78 is 6.98. The van der Waals surface area contributed by atoms with Gasteiger partial charge in [0.15, 0.2) is 0 Å². The van der Waals surface area contributed by atoms with Crippen LogP contribution in [0.25, 0.3) is 0 Å². The van der Waals surface area contributed by atoms with E-state index in [1.54, 1.807) is 16.9 Å². The molecule has 0 radical (unpaired) electrons. The van der Waals surface area contributed by atoms with Crippen molar-refractivity contribution in [2.75, 3.05) is 38.3 Å². The maximum atomic E-state index is 12.3. The van der Waals surface area contributed by atoms with E-state index >= 15 is 0 Å². The molecule has 0 saturated carbocycles. The summed E-state index contributed by atoms with van der Waals surface area (Å²) >= 11 is 0. The topological polar surface area (TPSA) is 59.4 Å². The van der Waals surface area contributed by atoms with Crippen molar-refractivity contribution in [2.24, 2.45) is 5.92 Å². The molecule has 118 valence electrons. The smallest absolute Gasteiger partial charge is 0.268 e. The summed E-state index contributed by atoms with van der Waals surface area (Å²) in [4.78, 5) is 14.4. The summed E-state index contributed by atoms with van der Waals surface area (Å²) in [6, 6.07) is 1.90. The van der Waals surface area contributed by atoms with Crippen molar-refractivity contribution in [1.82, 2.24) is 15.1 Å².